The van der Waals surface area contributed by atoms with Crippen molar-refractivity contribution in [2.75, 3.05) is 13.7 Å². The van der Waals surface area contributed by atoms with Crippen molar-refractivity contribution in [3.8, 4) is 6.07 Å². The molecule has 1 heterocycles. The van der Waals surface area contributed by atoms with Crippen LogP contribution in [0.25, 0.3) is 0 Å². The monoisotopic (exact) mass is 205 g/mol. The van der Waals surface area contributed by atoms with Crippen molar-refractivity contribution in [1.29, 1.82) is 5.26 Å². The zero-order chi connectivity index (χ0) is 11.1. The number of methoxy groups -OCH3 is 1. The number of nitrogens with zero attached hydrogens (tertiary/aromatic N) is 2. The average Bonchev–Trinajstić information content (AvgIpc) is 2.29. The lowest BCUT2D eigenvalue weighted by molar-refractivity contribution is -0.139. The van der Waals surface area contributed by atoms with Gasteiger partial charge in [-0.05, 0) is 17.7 Å². The highest BCUT2D eigenvalue weighted by Crippen LogP contribution is 1.99. The van der Waals surface area contributed by atoms with Gasteiger partial charge in [0.2, 0.25) is 0 Å². The fourth-order valence-electron chi connectivity index (χ4n) is 1.03. The van der Waals surface area contributed by atoms with Crippen molar-refractivity contribution in [1.82, 2.24) is 10.3 Å². The van der Waals surface area contributed by atoms with Gasteiger partial charge in [0.15, 0.2) is 0 Å². The first kappa shape index (κ1) is 11.1. The maximum absolute atomic E-state index is 10.8. The van der Waals surface area contributed by atoms with Crippen LogP contribution in [0.1, 0.15) is 11.3 Å². The van der Waals surface area contributed by atoms with Crippen LogP contribution in [0, 0.1) is 11.3 Å². The summed E-state index contributed by atoms with van der Waals surface area (Å²) in [6.07, 6.45) is 1.56. The van der Waals surface area contributed by atoms with Crippen molar-refractivity contribution in [2.45, 2.75) is 6.54 Å². The van der Waals surface area contributed by atoms with Gasteiger partial charge in [-0.1, -0.05) is 0 Å². The second-order valence-electron chi connectivity index (χ2n) is 2.84. The van der Waals surface area contributed by atoms with E-state index in [0.29, 0.717) is 12.2 Å². The van der Waals surface area contributed by atoms with E-state index < -0.39 is 0 Å². The van der Waals surface area contributed by atoms with E-state index in [9.17, 15) is 4.79 Å². The van der Waals surface area contributed by atoms with E-state index >= 15 is 0 Å². The molecule has 0 aliphatic carbocycles. The Bertz CT molecular complexity index is 384. The standard InChI is InChI=1S/C10H11N3O2/c1-15-10(14)7-12-6-8-2-3-13-9(4-8)5-11/h2-4,12H,6-7H2,1H3. The lowest BCUT2D eigenvalue weighted by Crippen LogP contribution is -2.23. The quantitative estimate of drug-likeness (QED) is 0.711. The van der Waals surface area contributed by atoms with E-state index in [1.165, 1.54) is 7.11 Å². The number of rotatable bonds is 4. The molecule has 5 heteroatoms. The van der Waals surface area contributed by atoms with Crippen molar-refractivity contribution in [3.05, 3.63) is 29.6 Å². The van der Waals surface area contributed by atoms with E-state index in [1.807, 2.05) is 6.07 Å². The van der Waals surface area contributed by atoms with Crippen LogP contribution in [0.2, 0.25) is 0 Å². The maximum Gasteiger partial charge on any atom is 0.319 e. The van der Waals surface area contributed by atoms with Gasteiger partial charge >= 0.3 is 5.97 Å². The zero-order valence-corrected chi connectivity index (χ0v) is 8.36. The van der Waals surface area contributed by atoms with E-state index in [0.717, 1.165) is 5.56 Å². The summed E-state index contributed by atoms with van der Waals surface area (Å²) in [6, 6.07) is 5.40. The number of nitriles is 1. The Hall–Kier alpha value is -1.93. The predicted octanol–water partition coefficient (Wildman–Crippen LogP) is 0.216. The second kappa shape index (κ2) is 5.73. The maximum atomic E-state index is 10.8. The van der Waals surface area contributed by atoms with E-state index in [4.69, 9.17) is 5.26 Å². The van der Waals surface area contributed by atoms with Gasteiger partial charge in [0.25, 0.3) is 0 Å². The Morgan fingerprint density at radius 2 is 2.53 bits per heavy atom. The highest BCUT2D eigenvalue weighted by atomic mass is 16.5. The molecule has 0 bridgehead atoms. The third-order valence-electron chi connectivity index (χ3n) is 1.77. The van der Waals surface area contributed by atoms with Crippen LogP contribution < -0.4 is 5.32 Å². The average molecular weight is 205 g/mol. The second-order valence-corrected chi connectivity index (χ2v) is 2.84. The smallest absolute Gasteiger partial charge is 0.319 e. The Labute approximate surface area is 87.7 Å². The molecule has 0 amide bonds. The number of esters is 1. The van der Waals surface area contributed by atoms with Gasteiger partial charge in [-0.15, -0.1) is 0 Å². The molecule has 0 aliphatic heterocycles. The molecule has 0 aliphatic rings. The van der Waals surface area contributed by atoms with Gasteiger partial charge in [-0.25, -0.2) is 4.98 Å². The number of aromatic nitrogens is 1. The number of carbonyl (C=O) groups excluding carboxylic acids is 1. The highest BCUT2D eigenvalue weighted by molar-refractivity contribution is 5.71. The first-order chi connectivity index (χ1) is 7.26. The molecule has 0 spiro atoms. The molecule has 1 aromatic rings. The first-order valence-corrected chi connectivity index (χ1v) is 4.39. The lowest BCUT2D eigenvalue weighted by Gasteiger charge is -2.03. The number of ether oxygens (including phenoxy) is 1. The molecule has 1 rings (SSSR count). The normalized spacial score (nSPS) is 9.33. The molecular weight excluding hydrogens is 194 g/mol. The van der Waals surface area contributed by atoms with Gasteiger partial charge in [0.05, 0.1) is 13.7 Å². The first-order valence-electron chi connectivity index (χ1n) is 4.39. The summed E-state index contributed by atoms with van der Waals surface area (Å²) in [5.41, 5.74) is 1.28. The number of hydrogen-bond acceptors (Lipinski definition) is 5. The molecular formula is C10H11N3O2. The molecule has 5 nitrogen and oxygen atoms in total. The minimum absolute atomic E-state index is 0.153. The molecule has 0 saturated heterocycles. The van der Waals surface area contributed by atoms with Crippen LogP contribution in [0.15, 0.2) is 18.3 Å². The minimum Gasteiger partial charge on any atom is -0.468 e. The molecule has 1 aromatic heterocycles. The number of pyridine rings is 1. The Morgan fingerprint density at radius 3 is 3.20 bits per heavy atom. The summed E-state index contributed by atoms with van der Waals surface area (Å²) in [6.45, 7) is 0.660. The van der Waals surface area contributed by atoms with Crippen molar-refractivity contribution in [3.63, 3.8) is 0 Å². The van der Waals surface area contributed by atoms with Gasteiger partial charge in [0, 0.05) is 12.7 Å². The molecule has 15 heavy (non-hydrogen) atoms. The zero-order valence-electron chi connectivity index (χ0n) is 8.36. The number of nitrogens with one attached hydrogen (secondary N) is 1. The van der Waals surface area contributed by atoms with E-state index in [1.54, 1.807) is 18.3 Å². The summed E-state index contributed by atoms with van der Waals surface area (Å²) in [5.74, 6) is -0.315. The summed E-state index contributed by atoms with van der Waals surface area (Å²) in [4.78, 5) is 14.6. The fraction of sp³-hybridized carbons (Fsp3) is 0.300. The molecule has 0 fully saturated rings. The molecule has 0 aromatic carbocycles. The van der Waals surface area contributed by atoms with Crippen LogP contribution in [-0.2, 0) is 16.1 Å². The van der Waals surface area contributed by atoms with Gasteiger partial charge in [0.1, 0.15) is 11.8 Å². The molecule has 0 saturated carbocycles. The van der Waals surface area contributed by atoms with Crippen LogP contribution >= 0.6 is 0 Å². The SMILES string of the molecule is COC(=O)CNCc1ccnc(C#N)c1. The summed E-state index contributed by atoms with van der Waals surface area (Å²) >= 11 is 0. The molecule has 0 atom stereocenters. The van der Waals surface area contributed by atoms with Gasteiger partial charge in [-0.3, -0.25) is 4.79 Å². The Morgan fingerprint density at radius 1 is 1.73 bits per heavy atom. The van der Waals surface area contributed by atoms with Gasteiger partial charge in [-0.2, -0.15) is 5.26 Å². The van der Waals surface area contributed by atoms with Crippen LogP contribution in [0.5, 0.6) is 0 Å². The molecule has 78 valence electrons. The van der Waals surface area contributed by atoms with Crippen LogP contribution in [-0.4, -0.2) is 24.6 Å². The predicted molar refractivity (Wildman–Crippen MR) is 52.7 cm³/mol. The van der Waals surface area contributed by atoms with E-state index in [-0.39, 0.29) is 12.5 Å². The van der Waals surface area contributed by atoms with Crippen molar-refractivity contribution < 1.29 is 9.53 Å². The van der Waals surface area contributed by atoms with E-state index in [2.05, 4.69) is 15.0 Å². The summed E-state index contributed by atoms with van der Waals surface area (Å²) in [5, 5.41) is 11.5. The lowest BCUT2D eigenvalue weighted by atomic mass is 10.2. The number of carbonyl (C=O) groups is 1. The Balaban J connectivity index is 2.44. The van der Waals surface area contributed by atoms with Crippen molar-refractivity contribution in [2.24, 2.45) is 0 Å². The minimum atomic E-state index is -0.315. The molecule has 0 radical (unpaired) electrons. The topological polar surface area (TPSA) is 75.0 Å². The summed E-state index contributed by atoms with van der Waals surface area (Å²) < 4.78 is 4.47. The highest BCUT2D eigenvalue weighted by Gasteiger charge is 2.00. The summed E-state index contributed by atoms with van der Waals surface area (Å²) in [7, 11) is 1.34. The largest absolute Gasteiger partial charge is 0.468 e. The van der Waals surface area contributed by atoms with Crippen LogP contribution in [0.3, 0.4) is 0 Å². The van der Waals surface area contributed by atoms with Gasteiger partial charge < -0.3 is 10.1 Å². The fourth-order valence-corrected chi connectivity index (χ4v) is 1.03. The van der Waals surface area contributed by atoms with Crippen LogP contribution in [0.4, 0.5) is 0 Å². The number of hydrogen-bond donors (Lipinski definition) is 1. The Kier molecular flexibility index (Phi) is 4.26. The third-order valence-corrected chi connectivity index (χ3v) is 1.77. The molecule has 0 unspecified atom stereocenters. The van der Waals surface area contributed by atoms with Crippen molar-refractivity contribution >= 4 is 5.97 Å². The third kappa shape index (κ3) is 3.75. The molecule has 1 N–H and O–H groups in total.